The van der Waals surface area contributed by atoms with E-state index >= 15 is 0 Å². The monoisotopic (exact) mass is 374 g/mol. The molecule has 0 spiro atoms. The van der Waals surface area contributed by atoms with Crippen molar-refractivity contribution in [3.8, 4) is 0 Å². The average molecular weight is 375 g/mol. The first kappa shape index (κ1) is 17.7. The molecule has 6 heteroatoms. The second-order valence-electron chi connectivity index (χ2n) is 5.80. The molecule has 2 aromatic carbocycles. The van der Waals surface area contributed by atoms with Crippen LogP contribution in [0.2, 0.25) is 5.02 Å². The third kappa shape index (κ3) is 4.50. The highest BCUT2D eigenvalue weighted by atomic mass is 35.5. The van der Waals surface area contributed by atoms with Crippen molar-refractivity contribution in [1.82, 2.24) is 10.6 Å². The number of carbonyl (C=O) groups excluding carboxylic acids is 1. The standard InChI is InChI=1S/C19H19ClN2O2S/c20-16-8-4-7-15-14(16)9-10-17(15)22-19(25)21-11-12-24-18(23)13-5-2-1-3-6-13/h1-8,17H,9-12H2,(H2,21,22,25). The lowest BCUT2D eigenvalue weighted by Crippen LogP contribution is -2.38. The molecule has 0 aromatic heterocycles. The van der Waals surface area contributed by atoms with E-state index < -0.39 is 0 Å². The molecule has 1 aliphatic carbocycles. The molecule has 25 heavy (non-hydrogen) atoms. The van der Waals surface area contributed by atoms with Crippen molar-refractivity contribution < 1.29 is 9.53 Å². The minimum absolute atomic E-state index is 0.167. The Hall–Kier alpha value is -2.11. The number of nitrogens with one attached hydrogen (secondary N) is 2. The van der Waals surface area contributed by atoms with Crippen LogP contribution in [0.5, 0.6) is 0 Å². The van der Waals surface area contributed by atoms with E-state index in [4.69, 9.17) is 28.6 Å². The van der Waals surface area contributed by atoms with Gasteiger partial charge in [-0.2, -0.15) is 0 Å². The number of benzene rings is 2. The van der Waals surface area contributed by atoms with Gasteiger partial charge < -0.3 is 15.4 Å². The molecule has 1 atom stereocenters. The number of hydrogen-bond acceptors (Lipinski definition) is 3. The van der Waals surface area contributed by atoms with Crippen LogP contribution in [0.25, 0.3) is 0 Å². The fourth-order valence-corrected chi connectivity index (χ4v) is 3.46. The smallest absolute Gasteiger partial charge is 0.338 e. The summed E-state index contributed by atoms with van der Waals surface area (Å²) in [4.78, 5) is 11.8. The summed E-state index contributed by atoms with van der Waals surface area (Å²) in [5, 5.41) is 7.74. The third-order valence-corrected chi connectivity index (χ3v) is 4.77. The normalized spacial score (nSPS) is 15.3. The van der Waals surface area contributed by atoms with Crippen LogP contribution in [-0.2, 0) is 11.2 Å². The van der Waals surface area contributed by atoms with Crippen molar-refractivity contribution in [3.05, 3.63) is 70.2 Å². The Kier molecular flexibility index (Phi) is 5.89. The van der Waals surface area contributed by atoms with Crippen molar-refractivity contribution >= 4 is 34.9 Å². The topological polar surface area (TPSA) is 50.4 Å². The number of thiocarbonyl (C=S) groups is 1. The van der Waals surface area contributed by atoms with Crippen molar-refractivity contribution in [1.29, 1.82) is 0 Å². The summed E-state index contributed by atoms with van der Waals surface area (Å²) in [5.74, 6) is -0.333. The maximum Gasteiger partial charge on any atom is 0.338 e. The Morgan fingerprint density at radius 3 is 2.80 bits per heavy atom. The summed E-state index contributed by atoms with van der Waals surface area (Å²) in [6.07, 6.45) is 1.91. The van der Waals surface area contributed by atoms with E-state index in [0.717, 1.165) is 17.9 Å². The van der Waals surface area contributed by atoms with Gasteiger partial charge in [-0.3, -0.25) is 0 Å². The Bertz CT molecular complexity index is 767. The van der Waals surface area contributed by atoms with Crippen LogP contribution in [0.3, 0.4) is 0 Å². The van der Waals surface area contributed by atoms with Gasteiger partial charge >= 0.3 is 5.97 Å². The summed E-state index contributed by atoms with van der Waals surface area (Å²) >= 11 is 11.6. The summed E-state index contributed by atoms with van der Waals surface area (Å²) in [6, 6.07) is 15.0. The molecule has 0 fully saturated rings. The number of esters is 1. The molecule has 0 bridgehead atoms. The first-order valence-electron chi connectivity index (χ1n) is 8.19. The fourth-order valence-electron chi connectivity index (χ4n) is 2.93. The summed E-state index contributed by atoms with van der Waals surface area (Å²) in [5.41, 5.74) is 2.94. The lowest BCUT2D eigenvalue weighted by molar-refractivity contribution is 0.0512. The molecule has 2 N–H and O–H groups in total. The zero-order valence-electron chi connectivity index (χ0n) is 13.6. The minimum atomic E-state index is -0.333. The quantitative estimate of drug-likeness (QED) is 0.475. The van der Waals surface area contributed by atoms with Crippen molar-refractivity contribution in [3.63, 3.8) is 0 Å². The van der Waals surface area contributed by atoms with Crippen molar-refractivity contribution in [2.75, 3.05) is 13.2 Å². The highest BCUT2D eigenvalue weighted by Gasteiger charge is 2.24. The van der Waals surface area contributed by atoms with Crippen LogP contribution in [-0.4, -0.2) is 24.2 Å². The van der Waals surface area contributed by atoms with Gasteiger partial charge in [-0.15, -0.1) is 0 Å². The van der Waals surface area contributed by atoms with Gasteiger partial charge in [-0.05, 0) is 54.4 Å². The van der Waals surface area contributed by atoms with Crippen molar-refractivity contribution in [2.45, 2.75) is 18.9 Å². The zero-order chi connectivity index (χ0) is 17.6. The lowest BCUT2D eigenvalue weighted by atomic mass is 10.1. The molecule has 2 aromatic rings. The SMILES string of the molecule is O=C(OCCNC(=S)NC1CCc2c(Cl)cccc21)c1ccccc1. The summed E-state index contributed by atoms with van der Waals surface area (Å²) in [7, 11) is 0. The molecule has 3 rings (SSSR count). The average Bonchev–Trinajstić information content (AvgIpc) is 3.03. The lowest BCUT2D eigenvalue weighted by Gasteiger charge is -2.17. The predicted molar refractivity (Wildman–Crippen MR) is 103 cm³/mol. The first-order valence-corrected chi connectivity index (χ1v) is 8.97. The van der Waals surface area contributed by atoms with Gasteiger partial charge in [0.15, 0.2) is 5.11 Å². The van der Waals surface area contributed by atoms with E-state index in [2.05, 4.69) is 16.7 Å². The van der Waals surface area contributed by atoms with Gasteiger partial charge in [0.1, 0.15) is 6.61 Å². The highest BCUT2D eigenvalue weighted by molar-refractivity contribution is 7.80. The molecular formula is C19H19ClN2O2S. The second-order valence-corrected chi connectivity index (χ2v) is 6.62. The maximum atomic E-state index is 11.8. The molecule has 0 aliphatic heterocycles. The number of carbonyl (C=O) groups is 1. The summed E-state index contributed by atoms with van der Waals surface area (Å²) < 4.78 is 5.21. The molecule has 0 saturated carbocycles. The van der Waals surface area contributed by atoms with Crippen LogP contribution in [0, 0.1) is 0 Å². The Balaban J connectivity index is 1.41. The van der Waals surface area contributed by atoms with Gasteiger partial charge in [0, 0.05) is 5.02 Å². The van der Waals surface area contributed by atoms with Gasteiger partial charge in [0.25, 0.3) is 0 Å². The van der Waals surface area contributed by atoms with E-state index in [1.165, 1.54) is 11.1 Å². The van der Waals surface area contributed by atoms with E-state index in [9.17, 15) is 4.79 Å². The molecule has 1 aliphatic rings. The highest BCUT2D eigenvalue weighted by Crippen LogP contribution is 2.35. The van der Waals surface area contributed by atoms with Crippen LogP contribution in [0.1, 0.15) is 33.9 Å². The minimum Gasteiger partial charge on any atom is -0.460 e. The molecule has 0 amide bonds. The molecule has 130 valence electrons. The Morgan fingerprint density at radius 2 is 2.00 bits per heavy atom. The fraction of sp³-hybridized carbons (Fsp3) is 0.263. The molecule has 1 unspecified atom stereocenters. The molecule has 0 saturated heterocycles. The number of fused-ring (bicyclic) bond motifs is 1. The van der Waals surface area contributed by atoms with E-state index in [1.807, 2.05) is 18.2 Å². The van der Waals surface area contributed by atoms with Crippen LogP contribution < -0.4 is 10.6 Å². The Labute approximate surface area is 157 Å². The first-order chi connectivity index (χ1) is 12.1. The number of rotatable bonds is 5. The van der Waals surface area contributed by atoms with Gasteiger partial charge in [0.2, 0.25) is 0 Å². The largest absolute Gasteiger partial charge is 0.460 e. The predicted octanol–water partition coefficient (Wildman–Crippen LogP) is 3.65. The molecule has 0 heterocycles. The summed E-state index contributed by atoms with van der Waals surface area (Å²) in [6.45, 7) is 0.710. The van der Waals surface area contributed by atoms with Crippen LogP contribution in [0.15, 0.2) is 48.5 Å². The van der Waals surface area contributed by atoms with Gasteiger partial charge in [0.05, 0.1) is 18.2 Å². The van der Waals surface area contributed by atoms with E-state index in [-0.39, 0.29) is 18.6 Å². The Morgan fingerprint density at radius 1 is 1.20 bits per heavy atom. The second kappa shape index (κ2) is 8.32. The van der Waals surface area contributed by atoms with Crippen molar-refractivity contribution in [2.24, 2.45) is 0 Å². The number of halogens is 1. The molecule has 0 radical (unpaired) electrons. The number of hydrogen-bond donors (Lipinski definition) is 2. The van der Waals surface area contributed by atoms with Crippen LogP contribution >= 0.6 is 23.8 Å². The van der Waals surface area contributed by atoms with Gasteiger partial charge in [-0.1, -0.05) is 41.9 Å². The van der Waals surface area contributed by atoms with Gasteiger partial charge in [-0.25, -0.2) is 4.79 Å². The molecule has 4 nitrogen and oxygen atoms in total. The maximum absolute atomic E-state index is 11.8. The zero-order valence-corrected chi connectivity index (χ0v) is 15.2. The van der Waals surface area contributed by atoms with E-state index in [0.29, 0.717) is 17.2 Å². The molecular weight excluding hydrogens is 356 g/mol. The third-order valence-electron chi connectivity index (χ3n) is 4.15. The van der Waals surface area contributed by atoms with E-state index in [1.54, 1.807) is 24.3 Å². The van der Waals surface area contributed by atoms with Crippen LogP contribution in [0.4, 0.5) is 0 Å². The number of ether oxygens (including phenoxy) is 1.